The maximum atomic E-state index is 12.3. The van der Waals surface area contributed by atoms with Crippen LogP contribution < -0.4 is 10.1 Å². The Morgan fingerprint density at radius 1 is 0.923 bits per heavy atom. The van der Waals surface area contributed by atoms with Gasteiger partial charge in [0, 0.05) is 10.7 Å². The zero-order valence-corrected chi connectivity index (χ0v) is 15.9. The van der Waals surface area contributed by atoms with Gasteiger partial charge in [-0.3, -0.25) is 4.79 Å². The lowest BCUT2D eigenvalue weighted by atomic mass is 10.1. The van der Waals surface area contributed by atoms with Crippen molar-refractivity contribution >= 4 is 34.8 Å². The van der Waals surface area contributed by atoms with Gasteiger partial charge in [-0.25, -0.2) is 0 Å². The zero-order valence-electron chi connectivity index (χ0n) is 14.3. The van der Waals surface area contributed by atoms with E-state index in [-0.39, 0.29) is 5.91 Å². The van der Waals surface area contributed by atoms with Gasteiger partial charge in [-0.15, -0.1) is 0 Å². The molecule has 26 heavy (non-hydrogen) atoms. The number of amides is 1. The number of carbonyl (C=O) groups is 1. The molecule has 3 aromatic rings. The Morgan fingerprint density at radius 3 is 2.35 bits per heavy atom. The molecule has 0 aliphatic heterocycles. The number of halogens is 2. The molecule has 0 saturated carbocycles. The van der Waals surface area contributed by atoms with Gasteiger partial charge in [0.05, 0.1) is 10.6 Å². The Hall–Kier alpha value is -2.49. The normalized spacial score (nSPS) is 10.5. The first-order valence-electron chi connectivity index (χ1n) is 8.04. The van der Waals surface area contributed by atoms with E-state index in [9.17, 15) is 4.79 Å². The Morgan fingerprint density at radius 2 is 1.65 bits per heavy atom. The molecule has 3 aromatic carbocycles. The van der Waals surface area contributed by atoms with Crippen molar-refractivity contribution in [2.24, 2.45) is 0 Å². The number of hydrogen-bond acceptors (Lipinski definition) is 2. The number of aryl methyl sites for hydroxylation is 2. The van der Waals surface area contributed by atoms with Crippen LogP contribution in [0.2, 0.25) is 10.0 Å². The third-order valence-corrected chi connectivity index (χ3v) is 4.41. The molecule has 5 heteroatoms. The van der Waals surface area contributed by atoms with Crippen molar-refractivity contribution < 1.29 is 9.53 Å². The minimum atomic E-state index is -0.296. The fourth-order valence-electron chi connectivity index (χ4n) is 2.42. The van der Waals surface area contributed by atoms with Crippen LogP contribution in [0, 0.1) is 13.8 Å². The highest BCUT2D eigenvalue weighted by molar-refractivity contribution is 6.37. The Bertz CT molecular complexity index is 953. The van der Waals surface area contributed by atoms with Crippen LogP contribution in [0.25, 0.3) is 0 Å². The molecular weight excluding hydrogens is 369 g/mol. The summed E-state index contributed by atoms with van der Waals surface area (Å²) >= 11 is 11.9. The average Bonchev–Trinajstić information content (AvgIpc) is 2.59. The van der Waals surface area contributed by atoms with Gasteiger partial charge in [-0.2, -0.15) is 0 Å². The van der Waals surface area contributed by atoms with E-state index in [0.29, 0.717) is 27.0 Å². The van der Waals surface area contributed by atoms with Crippen LogP contribution in [0.15, 0.2) is 60.7 Å². The molecule has 0 saturated heterocycles. The number of ether oxygens (including phenoxy) is 1. The molecule has 0 heterocycles. The van der Waals surface area contributed by atoms with Crippen molar-refractivity contribution in [2.45, 2.75) is 13.8 Å². The summed E-state index contributed by atoms with van der Waals surface area (Å²) in [4.78, 5) is 12.3. The maximum absolute atomic E-state index is 12.3. The van der Waals surface area contributed by atoms with E-state index in [0.717, 1.165) is 16.9 Å². The maximum Gasteiger partial charge on any atom is 0.257 e. The highest BCUT2D eigenvalue weighted by Crippen LogP contribution is 2.27. The summed E-state index contributed by atoms with van der Waals surface area (Å²) in [6.07, 6.45) is 0. The highest BCUT2D eigenvalue weighted by Gasteiger charge is 2.11. The lowest BCUT2D eigenvalue weighted by Crippen LogP contribution is -2.12. The predicted molar refractivity (Wildman–Crippen MR) is 107 cm³/mol. The third kappa shape index (κ3) is 4.37. The first-order valence-corrected chi connectivity index (χ1v) is 8.79. The molecule has 0 aromatic heterocycles. The summed E-state index contributed by atoms with van der Waals surface area (Å²) in [5.74, 6) is 1.21. The fraction of sp³-hybridized carbons (Fsp3) is 0.0952. The monoisotopic (exact) mass is 385 g/mol. The molecule has 1 N–H and O–H groups in total. The molecule has 0 spiro atoms. The molecule has 3 nitrogen and oxygen atoms in total. The minimum Gasteiger partial charge on any atom is -0.457 e. The van der Waals surface area contributed by atoms with Crippen LogP contribution in [-0.2, 0) is 0 Å². The summed E-state index contributed by atoms with van der Waals surface area (Å²) in [6.45, 7) is 4.02. The van der Waals surface area contributed by atoms with Crippen LogP contribution >= 0.6 is 23.2 Å². The van der Waals surface area contributed by atoms with Gasteiger partial charge in [0.15, 0.2) is 0 Å². The van der Waals surface area contributed by atoms with Crippen LogP contribution in [0.5, 0.6) is 11.5 Å². The van der Waals surface area contributed by atoms with Gasteiger partial charge in [0.2, 0.25) is 0 Å². The van der Waals surface area contributed by atoms with E-state index in [1.54, 1.807) is 42.5 Å². The Kier molecular flexibility index (Phi) is 5.50. The topological polar surface area (TPSA) is 38.3 Å². The molecule has 0 aliphatic carbocycles. The molecule has 0 aliphatic rings. The Balaban J connectivity index is 1.71. The zero-order chi connectivity index (χ0) is 18.7. The van der Waals surface area contributed by atoms with Gasteiger partial charge in [0.25, 0.3) is 5.91 Å². The largest absolute Gasteiger partial charge is 0.457 e. The predicted octanol–water partition coefficient (Wildman–Crippen LogP) is 6.65. The standard InChI is InChI=1S/C21H17Cl2NO2/c1-13-3-4-14(2)20(11-13)26-17-8-6-16(7-9-17)24-21(25)18-10-5-15(22)12-19(18)23/h3-12H,1-2H3,(H,24,25). The SMILES string of the molecule is Cc1ccc(C)c(Oc2ccc(NC(=O)c3ccc(Cl)cc3Cl)cc2)c1. The molecule has 1 amide bonds. The van der Waals surface area contributed by atoms with Gasteiger partial charge < -0.3 is 10.1 Å². The van der Waals surface area contributed by atoms with Crippen molar-refractivity contribution in [3.05, 3.63) is 87.4 Å². The smallest absolute Gasteiger partial charge is 0.257 e. The van der Waals surface area contributed by atoms with E-state index >= 15 is 0 Å². The van der Waals surface area contributed by atoms with E-state index in [2.05, 4.69) is 5.32 Å². The second-order valence-electron chi connectivity index (χ2n) is 5.97. The van der Waals surface area contributed by atoms with Crippen molar-refractivity contribution in [2.75, 3.05) is 5.32 Å². The van der Waals surface area contributed by atoms with Crippen molar-refractivity contribution in [3.63, 3.8) is 0 Å². The van der Waals surface area contributed by atoms with E-state index in [4.69, 9.17) is 27.9 Å². The van der Waals surface area contributed by atoms with Crippen LogP contribution in [0.3, 0.4) is 0 Å². The van der Waals surface area contributed by atoms with Crippen LogP contribution in [-0.4, -0.2) is 5.91 Å². The van der Waals surface area contributed by atoms with Crippen molar-refractivity contribution in [1.82, 2.24) is 0 Å². The van der Waals surface area contributed by atoms with Gasteiger partial charge >= 0.3 is 0 Å². The third-order valence-electron chi connectivity index (χ3n) is 3.86. The molecular formula is C21H17Cl2NO2. The molecule has 0 fully saturated rings. The quantitative estimate of drug-likeness (QED) is 0.545. The second-order valence-corrected chi connectivity index (χ2v) is 6.82. The van der Waals surface area contributed by atoms with Gasteiger partial charge in [0.1, 0.15) is 11.5 Å². The summed E-state index contributed by atoms with van der Waals surface area (Å²) in [5, 5.41) is 3.60. The van der Waals surface area contributed by atoms with Gasteiger partial charge in [-0.1, -0.05) is 35.3 Å². The Labute approximate surface area is 162 Å². The van der Waals surface area contributed by atoms with E-state index in [1.807, 2.05) is 32.0 Å². The molecule has 0 unspecified atom stereocenters. The van der Waals surface area contributed by atoms with Gasteiger partial charge in [-0.05, 0) is 73.5 Å². The number of rotatable bonds is 4. The van der Waals surface area contributed by atoms with Crippen molar-refractivity contribution in [3.8, 4) is 11.5 Å². The number of anilines is 1. The molecule has 0 bridgehead atoms. The fourth-order valence-corrected chi connectivity index (χ4v) is 2.92. The number of benzene rings is 3. The summed E-state index contributed by atoms with van der Waals surface area (Å²) < 4.78 is 5.92. The molecule has 3 rings (SSSR count). The van der Waals surface area contributed by atoms with E-state index < -0.39 is 0 Å². The second kappa shape index (κ2) is 7.81. The first kappa shape index (κ1) is 18.3. The van der Waals surface area contributed by atoms with Crippen LogP contribution in [0.4, 0.5) is 5.69 Å². The molecule has 0 radical (unpaired) electrons. The van der Waals surface area contributed by atoms with Crippen LogP contribution in [0.1, 0.15) is 21.5 Å². The van der Waals surface area contributed by atoms with E-state index in [1.165, 1.54) is 0 Å². The average molecular weight is 386 g/mol. The summed E-state index contributed by atoms with van der Waals surface area (Å²) in [5.41, 5.74) is 3.21. The highest BCUT2D eigenvalue weighted by atomic mass is 35.5. The first-order chi connectivity index (χ1) is 12.4. The lowest BCUT2D eigenvalue weighted by Gasteiger charge is -2.11. The number of nitrogens with one attached hydrogen (secondary N) is 1. The lowest BCUT2D eigenvalue weighted by molar-refractivity contribution is 0.102. The molecule has 132 valence electrons. The van der Waals surface area contributed by atoms with Crippen molar-refractivity contribution in [1.29, 1.82) is 0 Å². The summed E-state index contributed by atoms with van der Waals surface area (Å²) in [6, 6.07) is 18.0. The summed E-state index contributed by atoms with van der Waals surface area (Å²) in [7, 11) is 0. The number of carbonyl (C=O) groups excluding carboxylic acids is 1. The minimum absolute atomic E-state index is 0.296. The number of hydrogen-bond donors (Lipinski definition) is 1. The molecule has 0 atom stereocenters.